The molecule has 0 bridgehead atoms. The summed E-state index contributed by atoms with van der Waals surface area (Å²) in [7, 11) is 0. The van der Waals surface area contributed by atoms with Crippen LogP contribution in [0.5, 0.6) is 0 Å². The monoisotopic (exact) mass is 499 g/mol. The predicted molar refractivity (Wildman–Crippen MR) is 125 cm³/mol. The number of nitrogens with one attached hydrogen (secondary N) is 4. The number of thiol groups is 1. The van der Waals surface area contributed by atoms with E-state index in [0.717, 1.165) is 0 Å². The van der Waals surface area contributed by atoms with Crippen molar-refractivity contribution in [1.82, 2.24) is 25.9 Å². The third-order valence-corrected chi connectivity index (χ3v) is 5.15. The Balaban J connectivity index is 2.94. The lowest BCUT2D eigenvalue weighted by molar-refractivity contribution is -0.142. The third kappa shape index (κ3) is 10.2. The van der Waals surface area contributed by atoms with E-state index < -0.39 is 53.8 Å². The van der Waals surface area contributed by atoms with E-state index in [0.29, 0.717) is 12.1 Å². The van der Waals surface area contributed by atoms with Crippen LogP contribution in [0.2, 0.25) is 0 Å². The Kier molecular flexibility index (Phi) is 12.1. The van der Waals surface area contributed by atoms with Crippen LogP contribution in [0.1, 0.15) is 38.8 Å². The van der Waals surface area contributed by atoms with Crippen molar-refractivity contribution in [3.63, 3.8) is 0 Å². The molecular weight excluding hydrogens is 466 g/mol. The molecule has 0 saturated carbocycles. The first-order valence-electron chi connectivity index (χ1n) is 10.7. The van der Waals surface area contributed by atoms with Crippen LogP contribution in [0.3, 0.4) is 0 Å². The molecule has 34 heavy (non-hydrogen) atoms. The highest BCUT2D eigenvalue weighted by atomic mass is 32.1. The van der Waals surface area contributed by atoms with Gasteiger partial charge in [-0.25, -0.2) is 9.78 Å². The molecule has 4 unspecified atom stereocenters. The van der Waals surface area contributed by atoms with E-state index in [2.05, 4.69) is 38.5 Å². The van der Waals surface area contributed by atoms with Gasteiger partial charge in [0.05, 0.1) is 12.4 Å². The molecule has 0 aliphatic carbocycles. The number of primary amides is 1. The van der Waals surface area contributed by atoms with Crippen molar-refractivity contribution in [2.75, 3.05) is 5.75 Å². The fourth-order valence-electron chi connectivity index (χ4n) is 3.00. The van der Waals surface area contributed by atoms with Crippen molar-refractivity contribution in [3.05, 3.63) is 18.2 Å². The van der Waals surface area contributed by atoms with Crippen LogP contribution in [0.4, 0.5) is 0 Å². The number of carboxylic acids is 1. The van der Waals surface area contributed by atoms with Crippen molar-refractivity contribution < 1.29 is 29.1 Å². The molecule has 0 aliphatic rings. The van der Waals surface area contributed by atoms with Crippen LogP contribution in [0, 0.1) is 5.92 Å². The Morgan fingerprint density at radius 3 is 2.15 bits per heavy atom. The summed E-state index contributed by atoms with van der Waals surface area (Å²) in [4.78, 5) is 67.2. The zero-order chi connectivity index (χ0) is 25.8. The summed E-state index contributed by atoms with van der Waals surface area (Å²) >= 11 is 4.11. The summed E-state index contributed by atoms with van der Waals surface area (Å²) in [5.74, 6) is -4.02. The molecule has 1 aromatic heterocycles. The molecule has 0 aromatic carbocycles. The van der Waals surface area contributed by atoms with Gasteiger partial charge in [-0.1, -0.05) is 13.8 Å². The molecule has 1 heterocycles. The normalized spacial score (nSPS) is 14.5. The summed E-state index contributed by atoms with van der Waals surface area (Å²) in [5.41, 5.74) is 11.4. The average Bonchev–Trinajstić information content (AvgIpc) is 3.26. The highest BCUT2D eigenvalue weighted by molar-refractivity contribution is 7.80. The molecule has 0 spiro atoms. The summed E-state index contributed by atoms with van der Waals surface area (Å²) < 4.78 is 0. The molecule has 13 nitrogen and oxygen atoms in total. The van der Waals surface area contributed by atoms with Crippen LogP contribution in [-0.2, 0) is 30.4 Å². The number of rotatable bonds is 15. The van der Waals surface area contributed by atoms with Crippen molar-refractivity contribution in [1.29, 1.82) is 0 Å². The molecule has 9 N–H and O–H groups in total. The average molecular weight is 500 g/mol. The number of nitrogens with zero attached hydrogens (tertiary/aromatic N) is 1. The Hall–Kier alpha value is -3.13. The van der Waals surface area contributed by atoms with Crippen molar-refractivity contribution in [3.8, 4) is 0 Å². The maximum absolute atomic E-state index is 12.9. The fourth-order valence-corrected chi connectivity index (χ4v) is 3.26. The Morgan fingerprint density at radius 1 is 1.06 bits per heavy atom. The van der Waals surface area contributed by atoms with Crippen LogP contribution in [-0.4, -0.2) is 74.6 Å². The number of aromatic amines is 1. The van der Waals surface area contributed by atoms with Crippen molar-refractivity contribution in [2.45, 2.75) is 63.7 Å². The molecule has 0 fully saturated rings. The van der Waals surface area contributed by atoms with Gasteiger partial charge >= 0.3 is 5.97 Å². The van der Waals surface area contributed by atoms with E-state index in [-0.39, 0.29) is 30.9 Å². The van der Waals surface area contributed by atoms with E-state index in [4.69, 9.17) is 11.5 Å². The number of amides is 4. The number of imidazole rings is 1. The third-order valence-electron chi connectivity index (χ3n) is 4.78. The van der Waals surface area contributed by atoms with Crippen LogP contribution < -0.4 is 27.4 Å². The maximum Gasteiger partial charge on any atom is 0.326 e. The standard InChI is InChI=1S/C20H33N7O6S/c1-10(2)5-12(21)17(29)27-15(8-34)19(31)26-14(6-11-7-23-9-24-11)18(30)25-13(20(32)33)3-4-16(22)28/h7,9-10,12-15,34H,3-6,8,21H2,1-2H3,(H2,22,28)(H,23,24)(H,25,30)(H,26,31)(H,27,29)(H,32,33). The summed E-state index contributed by atoms with van der Waals surface area (Å²) in [6.07, 6.45) is 2.73. The van der Waals surface area contributed by atoms with Gasteiger partial charge in [0, 0.05) is 30.5 Å². The fraction of sp³-hybridized carbons (Fsp3) is 0.600. The number of carbonyl (C=O) groups excluding carboxylic acids is 4. The smallest absolute Gasteiger partial charge is 0.326 e. The van der Waals surface area contributed by atoms with Gasteiger partial charge < -0.3 is 37.5 Å². The highest BCUT2D eigenvalue weighted by Gasteiger charge is 2.30. The summed E-state index contributed by atoms with van der Waals surface area (Å²) in [5, 5.41) is 16.7. The molecule has 1 rings (SSSR count). The minimum absolute atomic E-state index is 0.0418. The number of hydrogen-bond donors (Lipinski definition) is 8. The molecule has 4 atom stereocenters. The minimum atomic E-state index is -1.39. The van der Waals surface area contributed by atoms with E-state index in [1.807, 2.05) is 13.8 Å². The second-order valence-corrected chi connectivity index (χ2v) is 8.59. The van der Waals surface area contributed by atoms with Crippen molar-refractivity contribution in [2.24, 2.45) is 17.4 Å². The van der Waals surface area contributed by atoms with Gasteiger partial charge in [-0.05, 0) is 18.8 Å². The van der Waals surface area contributed by atoms with Gasteiger partial charge in [-0.2, -0.15) is 12.6 Å². The summed E-state index contributed by atoms with van der Waals surface area (Å²) in [6.45, 7) is 3.81. The number of nitrogens with two attached hydrogens (primary N) is 2. The number of carboxylic acid groups (broad SMARTS) is 1. The second kappa shape index (κ2) is 14.2. The van der Waals surface area contributed by atoms with Crippen LogP contribution in [0.25, 0.3) is 0 Å². The van der Waals surface area contributed by atoms with Gasteiger partial charge in [-0.3, -0.25) is 19.2 Å². The summed E-state index contributed by atoms with van der Waals surface area (Å²) in [6, 6.07) is -4.51. The van der Waals surface area contributed by atoms with Gasteiger partial charge in [0.2, 0.25) is 23.6 Å². The molecule has 0 radical (unpaired) electrons. The topological polar surface area (TPSA) is 222 Å². The number of hydrogen-bond acceptors (Lipinski definition) is 8. The van der Waals surface area contributed by atoms with Gasteiger partial charge in [0.1, 0.15) is 18.1 Å². The Morgan fingerprint density at radius 2 is 1.65 bits per heavy atom. The largest absolute Gasteiger partial charge is 0.480 e. The van der Waals surface area contributed by atoms with Crippen LogP contribution in [0.15, 0.2) is 12.5 Å². The number of H-pyrrole nitrogens is 1. The SMILES string of the molecule is CC(C)CC(N)C(=O)NC(CS)C(=O)NC(Cc1cnc[nH]1)C(=O)NC(CCC(N)=O)C(=O)O. The van der Waals surface area contributed by atoms with Gasteiger partial charge in [0.25, 0.3) is 0 Å². The minimum Gasteiger partial charge on any atom is -0.480 e. The molecule has 14 heteroatoms. The first-order valence-corrected chi connectivity index (χ1v) is 11.3. The van der Waals surface area contributed by atoms with E-state index in [1.165, 1.54) is 12.5 Å². The number of aromatic nitrogens is 2. The lowest BCUT2D eigenvalue weighted by atomic mass is 10.0. The predicted octanol–water partition coefficient (Wildman–Crippen LogP) is -1.94. The quantitative estimate of drug-likeness (QED) is 0.126. The Bertz CT molecular complexity index is 848. The van der Waals surface area contributed by atoms with Gasteiger partial charge in [0.15, 0.2) is 0 Å². The first kappa shape index (κ1) is 28.9. The zero-order valence-corrected chi connectivity index (χ0v) is 20.0. The number of aliphatic carboxylic acids is 1. The van der Waals surface area contributed by atoms with Crippen molar-refractivity contribution >= 4 is 42.2 Å². The lowest BCUT2D eigenvalue weighted by Crippen LogP contribution is -2.58. The number of carbonyl (C=O) groups is 5. The molecule has 0 aliphatic heterocycles. The second-order valence-electron chi connectivity index (χ2n) is 8.23. The first-order chi connectivity index (χ1) is 15.9. The van der Waals surface area contributed by atoms with Gasteiger partial charge in [-0.15, -0.1) is 0 Å². The lowest BCUT2D eigenvalue weighted by Gasteiger charge is -2.24. The Labute approximate surface area is 202 Å². The van der Waals surface area contributed by atoms with Crippen LogP contribution >= 0.6 is 12.6 Å². The van der Waals surface area contributed by atoms with E-state index in [9.17, 15) is 29.1 Å². The van der Waals surface area contributed by atoms with E-state index in [1.54, 1.807) is 0 Å². The zero-order valence-electron chi connectivity index (χ0n) is 19.1. The van der Waals surface area contributed by atoms with E-state index >= 15 is 0 Å². The maximum atomic E-state index is 12.9. The molecule has 0 saturated heterocycles. The molecule has 4 amide bonds. The molecule has 1 aromatic rings. The highest BCUT2D eigenvalue weighted by Crippen LogP contribution is 2.05. The molecule has 190 valence electrons. The molecular formula is C20H33N7O6S.